The standard InChI is InChI=1S/C9H9Cl3FNO/c10-3-5(15)4-14-9-2-8(13)6(11)1-7(9)12/h1-2,5,14-15H,3-4H2. The van der Waals surface area contributed by atoms with E-state index in [2.05, 4.69) is 5.32 Å². The van der Waals surface area contributed by atoms with Gasteiger partial charge in [0.15, 0.2) is 0 Å². The highest BCUT2D eigenvalue weighted by molar-refractivity contribution is 6.36. The molecule has 0 aliphatic carbocycles. The van der Waals surface area contributed by atoms with Crippen LogP contribution in [0.1, 0.15) is 0 Å². The Labute approximate surface area is 102 Å². The van der Waals surface area contributed by atoms with E-state index in [0.29, 0.717) is 10.7 Å². The van der Waals surface area contributed by atoms with E-state index in [-0.39, 0.29) is 17.4 Å². The summed E-state index contributed by atoms with van der Waals surface area (Å²) < 4.78 is 13.0. The highest BCUT2D eigenvalue weighted by Gasteiger charge is 2.08. The molecule has 6 heteroatoms. The number of aliphatic hydroxyl groups is 1. The molecule has 0 saturated heterocycles. The number of aliphatic hydroxyl groups excluding tert-OH is 1. The molecule has 0 bridgehead atoms. The number of alkyl halides is 1. The lowest BCUT2D eigenvalue weighted by Crippen LogP contribution is -2.20. The molecule has 1 aromatic rings. The van der Waals surface area contributed by atoms with Gasteiger partial charge in [0.2, 0.25) is 0 Å². The topological polar surface area (TPSA) is 32.3 Å². The molecule has 0 saturated carbocycles. The molecule has 1 atom stereocenters. The van der Waals surface area contributed by atoms with E-state index in [9.17, 15) is 9.50 Å². The van der Waals surface area contributed by atoms with E-state index >= 15 is 0 Å². The molecule has 1 rings (SSSR count). The molecule has 0 radical (unpaired) electrons. The van der Waals surface area contributed by atoms with Crippen LogP contribution in [0.5, 0.6) is 0 Å². The summed E-state index contributed by atoms with van der Waals surface area (Å²) in [6.07, 6.45) is -0.707. The van der Waals surface area contributed by atoms with Gasteiger partial charge in [-0.2, -0.15) is 0 Å². The normalized spacial score (nSPS) is 12.6. The first-order valence-electron chi connectivity index (χ1n) is 4.17. The van der Waals surface area contributed by atoms with Crippen molar-refractivity contribution < 1.29 is 9.50 Å². The van der Waals surface area contributed by atoms with Gasteiger partial charge in [-0.05, 0) is 6.07 Å². The van der Waals surface area contributed by atoms with Gasteiger partial charge in [0, 0.05) is 12.6 Å². The molecular formula is C9H9Cl3FNO. The van der Waals surface area contributed by atoms with E-state index in [4.69, 9.17) is 34.8 Å². The highest BCUT2D eigenvalue weighted by Crippen LogP contribution is 2.28. The molecule has 0 fully saturated rings. The van der Waals surface area contributed by atoms with Crippen molar-refractivity contribution in [1.29, 1.82) is 0 Å². The molecule has 0 aromatic heterocycles. The monoisotopic (exact) mass is 271 g/mol. The van der Waals surface area contributed by atoms with Gasteiger partial charge in [0.25, 0.3) is 0 Å². The lowest BCUT2D eigenvalue weighted by molar-refractivity contribution is 0.211. The highest BCUT2D eigenvalue weighted by atomic mass is 35.5. The molecule has 84 valence electrons. The Kier molecular flexibility index (Phi) is 4.93. The van der Waals surface area contributed by atoms with Gasteiger partial charge in [0.1, 0.15) is 5.82 Å². The maximum Gasteiger partial charge on any atom is 0.143 e. The molecule has 0 aliphatic heterocycles. The summed E-state index contributed by atoms with van der Waals surface area (Å²) in [7, 11) is 0. The SMILES string of the molecule is OC(CCl)CNc1cc(F)c(Cl)cc1Cl. The van der Waals surface area contributed by atoms with E-state index in [1.807, 2.05) is 0 Å². The Morgan fingerprint density at radius 2 is 2.00 bits per heavy atom. The predicted octanol–water partition coefficient (Wildman–Crippen LogP) is 3.14. The number of anilines is 1. The summed E-state index contributed by atoms with van der Waals surface area (Å²) in [6.45, 7) is 0.199. The first-order valence-corrected chi connectivity index (χ1v) is 5.46. The molecule has 0 heterocycles. The zero-order valence-electron chi connectivity index (χ0n) is 7.61. The lowest BCUT2D eigenvalue weighted by atomic mass is 10.3. The van der Waals surface area contributed by atoms with Crippen LogP contribution < -0.4 is 5.32 Å². The van der Waals surface area contributed by atoms with Crippen LogP contribution in [-0.2, 0) is 0 Å². The number of nitrogens with one attached hydrogen (secondary N) is 1. The van der Waals surface area contributed by atoms with E-state index in [0.717, 1.165) is 0 Å². The van der Waals surface area contributed by atoms with Crippen molar-refractivity contribution in [3.05, 3.63) is 28.0 Å². The van der Waals surface area contributed by atoms with Crippen LogP contribution in [0.4, 0.5) is 10.1 Å². The van der Waals surface area contributed by atoms with Gasteiger partial charge in [-0.15, -0.1) is 11.6 Å². The van der Waals surface area contributed by atoms with Crippen molar-refractivity contribution in [2.24, 2.45) is 0 Å². The van der Waals surface area contributed by atoms with Crippen LogP contribution >= 0.6 is 34.8 Å². The molecule has 0 amide bonds. The van der Waals surface area contributed by atoms with Crippen molar-refractivity contribution in [2.45, 2.75) is 6.10 Å². The minimum absolute atomic E-state index is 0.0385. The fourth-order valence-corrected chi connectivity index (χ4v) is 1.50. The van der Waals surface area contributed by atoms with E-state index in [1.54, 1.807) is 0 Å². The minimum Gasteiger partial charge on any atom is -0.390 e. The van der Waals surface area contributed by atoms with Gasteiger partial charge in [-0.25, -0.2) is 4.39 Å². The van der Waals surface area contributed by atoms with Crippen LogP contribution in [0.15, 0.2) is 12.1 Å². The van der Waals surface area contributed by atoms with Gasteiger partial charge < -0.3 is 10.4 Å². The Morgan fingerprint density at radius 1 is 1.33 bits per heavy atom. The summed E-state index contributed by atoms with van der Waals surface area (Å²) in [6, 6.07) is 2.47. The second kappa shape index (κ2) is 5.75. The van der Waals surface area contributed by atoms with Crippen molar-refractivity contribution >= 4 is 40.5 Å². The van der Waals surface area contributed by atoms with Crippen molar-refractivity contribution in [3.8, 4) is 0 Å². The molecule has 2 N–H and O–H groups in total. The van der Waals surface area contributed by atoms with Crippen LogP contribution in [-0.4, -0.2) is 23.6 Å². The Hall–Kier alpha value is -0.220. The molecular weight excluding hydrogens is 263 g/mol. The average molecular weight is 273 g/mol. The smallest absolute Gasteiger partial charge is 0.143 e. The first kappa shape index (κ1) is 12.8. The maximum atomic E-state index is 13.0. The molecule has 2 nitrogen and oxygen atoms in total. The number of hydrogen-bond acceptors (Lipinski definition) is 2. The zero-order chi connectivity index (χ0) is 11.4. The average Bonchev–Trinajstić information content (AvgIpc) is 2.21. The molecule has 1 unspecified atom stereocenters. The van der Waals surface area contributed by atoms with E-state index in [1.165, 1.54) is 12.1 Å². The third kappa shape index (κ3) is 3.68. The van der Waals surface area contributed by atoms with Gasteiger partial charge in [0.05, 0.1) is 27.7 Å². The summed E-state index contributed by atoms with van der Waals surface area (Å²) in [5.41, 5.74) is 0.378. The minimum atomic E-state index is -0.707. The summed E-state index contributed by atoms with van der Waals surface area (Å²) in [5, 5.41) is 12.2. The number of rotatable bonds is 4. The Balaban J connectivity index is 2.73. The second-order valence-corrected chi connectivity index (χ2v) is 4.06. The van der Waals surface area contributed by atoms with Crippen LogP contribution in [0.25, 0.3) is 0 Å². The van der Waals surface area contributed by atoms with Crippen LogP contribution in [0.2, 0.25) is 10.0 Å². The second-order valence-electron chi connectivity index (χ2n) is 2.94. The van der Waals surface area contributed by atoms with E-state index < -0.39 is 11.9 Å². The van der Waals surface area contributed by atoms with Gasteiger partial charge in [-0.1, -0.05) is 23.2 Å². The molecule has 0 spiro atoms. The van der Waals surface area contributed by atoms with Crippen molar-refractivity contribution in [1.82, 2.24) is 0 Å². The van der Waals surface area contributed by atoms with Crippen LogP contribution in [0, 0.1) is 5.82 Å². The fraction of sp³-hybridized carbons (Fsp3) is 0.333. The third-order valence-corrected chi connectivity index (χ3v) is 2.67. The molecule has 0 aliphatic rings. The van der Waals surface area contributed by atoms with Gasteiger partial charge in [-0.3, -0.25) is 0 Å². The van der Waals surface area contributed by atoms with Crippen molar-refractivity contribution in [2.75, 3.05) is 17.7 Å². The quantitative estimate of drug-likeness (QED) is 0.652. The number of hydrogen-bond donors (Lipinski definition) is 2. The summed E-state index contributed by atoms with van der Waals surface area (Å²) in [5.74, 6) is -0.468. The summed E-state index contributed by atoms with van der Waals surface area (Å²) >= 11 is 16.7. The Morgan fingerprint density at radius 3 is 2.60 bits per heavy atom. The largest absolute Gasteiger partial charge is 0.390 e. The summed E-state index contributed by atoms with van der Waals surface area (Å²) in [4.78, 5) is 0. The van der Waals surface area contributed by atoms with Crippen LogP contribution in [0.3, 0.4) is 0 Å². The van der Waals surface area contributed by atoms with Crippen molar-refractivity contribution in [3.63, 3.8) is 0 Å². The molecule has 1 aromatic carbocycles. The fourth-order valence-electron chi connectivity index (χ4n) is 0.940. The van der Waals surface area contributed by atoms with Gasteiger partial charge >= 0.3 is 0 Å². The lowest BCUT2D eigenvalue weighted by Gasteiger charge is -2.11. The molecule has 15 heavy (non-hydrogen) atoms. The predicted molar refractivity (Wildman–Crippen MR) is 61.6 cm³/mol. The first-order chi connectivity index (χ1) is 7.04. The maximum absolute atomic E-state index is 13.0. The zero-order valence-corrected chi connectivity index (χ0v) is 9.87. The number of benzene rings is 1. The third-order valence-electron chi connectivity index (χ3n) is 1.72. The Bertz CT molecular complexity index is 348. The number of halogens is 4.